The van der Waals surface area contributed by atoms with Gasteiger partial charge in [0, 0.05) is 12.6 Å². The van der Waals surface area contributed by atoms with E-state index in [2.05, 4.69) is 0 Å². The number of aryl methyl sites for hydroxylation is 1. The van der Waals surface area contributed by atoms with Crippen LogP contribution in [0, 0.1) is 18.8 Å². The number of nitrogens with two attached hydrogens (primary N) is 1. The van der Waals surface area contributed by atoms with Crippen LogP contribution in [-0.2, 0) is 14.8 Å². The molecule has 4 rings (SSSR count). The predicted octanol–water partition coefficient (Wildman–Crippen LogP) is 6.21. The van der Waals surface area contributed by atoms with Gasteiger partial charge in [-0.1, -0.05) is 91.2 Å². The minimum Gasteiger partial charge on any atom is -0.369 e. The van der Waals surface area contributed by atoms with E-state index in [9.17, 15) is 13.2 Å². The van der Waals surface area contributed by atoms with E-state index in [1.54, 1.807) is 28.6 Å². The standard InChI is InChI=1S/C31H38N2O3S/c1-23-13-19-28(20-14-23)30(31(32)34)21-25-15-17-26(18-16-25)22-33(24(2)27-9-5-3-6-10-27)37(35,36)29-11-7-4-8-12-29/h3-14,19-20,24-26,30H,15-18,21-22H2,1-2H3,(H2,32,34)/t24-,25?,26?,30+/m1/s1. The van der Waals surface area contributed by atoms with Crippen molar-refractivity contribution < 1.29 is 13.2 Å². The van der Waals surface area contributed by atoms with Gasteiger partial charge in [-0.15, -0.1) is 0 Å². The molecule has 0 spiro atoms. The van der Waals surface area contributed by atoms with Crippen molar-refractivity contribution in [2.45, 2.75) is 62.8 Å². The maximum Gasteiger partial charge on any atom is 0.243 e. The van der Waals surface area contributed by atoms with Crippen molar-refractivity contribution in [3.05, 3.63) is 102 Å². The van der Waals surface area contributed by atoms with Crippen LogP contribution >= 0.6 is 0 Å². The van der Waals surface area contributed by atoms with E-state index >= 15 is 0 Å². The summed E-state index contributed by atoms with van der Waals surface area (Å²) in [6.07, 6.45) is 4.56. The number of benzene rings is 3. The average Bonchev–Trinajstić information content (AvgIpc) is 2.92. The monoisotopic (exact) mass is 518 g/mol. The van der Waals surface area contributed by atoms with E-state index in [0.29, 0.717) is 17.4 Å². The van der Waals surface area contributed by atoms with E-state index in [4.69, 9.17) is 5.73 Å². The molecule has 2 atom stereocenters. The van der Waals surface area contributed by atoms with Crippen molar-refractivity contribution in [1.29, 1.82) is 0 Å². The number of carbonyl (C=O) groups is 1. The topological polar surface area (TPSA) is 80.5 Å². The minimum absolute atomic E-state index is 0.271. The second kappa shape index (κ2) is 12.1. The zero-order valence-corrected chi connectivity index (χ0v) is 22.6. The Morgan fingerprint density at radius 3 is 1.95 bits per heavy atom. The summed E-state index contributed by atoms with van der Waals surface area (Å²) >= 11 is 0. The summed E-state index contributed by atoms with van der Waals surface area (Å²) in [7, 11) is -3.66. The maximum absolute atomic E-state index is 13.8. The fourth-order valence-electron chi connectivity index (χ4n) is 5.54. The molecule has 1 saturated carbocycles. The Bertz CT molecular complexity index is 1250. The SMILES string of the molecule is Cc1ccc([C@H](CC2CCC(CN([C@H](C)c3ccccc3)S(=O)(=O)c3ccccc3)CC2)C(N)=O)cc1. The molecule has 0 heterocycles. The first-order valence-electron chi connectivity index (χ1n) is 13.2. The van der Waals surface area contributed by atoms with Gasteiger partial charge in [-0.2, -0.15) is 4.31 Å². The highest BCUT2D eigenvalue weighted by atomic mass is 32.2. The van der Waals surface area contributed by atoms with Crippen LogP contribution in [0.1, 0.15) is 67.7 Å². The van der Waals surface area contributed by atoms with Gasteiger partial charge in [-0.3, -0.25) is 4.79 Å². The van der Waals surface area contributed by atoms with E-state index in [1.807, 2.05) is 74.5 Å². The van der Waals surface area contributed by atoms with Gasteiger partial charge in [0.25, 0.3) is 0 Å². The van der Waals surface area contributed by atoms with Gasteiger partial charge >= 0.3 is 0 Å². The maximum atomic E-state index is 13.8. The normalized spacial score (nSPS) is 19.9. The number of primary amides is 1. The van der Waals surface area contributed by atoms with Gasteiger partial charge in [0.1, 0.15) is 0 Å². The molecule has 1 amide bonds. The summed E-state index contributed by atoms with van der Waals surface area (Å²) in [5, 5.41) is 0. The summed E-state index contributed by atoms with van der Waals surface area (Å²) in [5.74, 6) is 0.117. The van der Waals surface area contributed by atoms with Gasteiger partial charge in [-0.05, 0) is 68.2 Å². The molecule has 0 radical (unpaired) electrons. The largest absolute Gasteiger partial charge is 0.369 e. The van der Waals surface area contributed by atoms with Crippen LogP contribution in [-0.4, -0.2) is 25.2 Å². The van der Waals surface area contributed by atoms with Crippen molar-refractivity contribution in [3.8, 4) is 0 Å². The van der Waals surface area contributed by atoms with Gasteiger partial charge in [-0.25, -0.2) is 8.42 Å². The zero-order valence-electron chi connectivity index (χ0n) is 21.8. The van der Waals surface area contributed by atoms with Crippen molar-refractivity contribution in [2.24, 2.45) is 17.6 Å². The Morgan fingerprint density at radius 1 is 0.838 bits per heavy atom. The average molecular weight is 519 g/mol. The lowest BCUT2D eigenvalue weighted by molar-refractivity contribution is -0.119. The molecule has 0 bridgehead atoms. The number of amides is 1. The molecule has 5 nitrogen and oxygen atoms in total. The summed E-state index contributed by atoms with van der Waals surface area (Å²) in [6, 6.07) is 26.3. The molecule has 196 valence electrons. The lowest BCUT2D eigenvalue weighted by Crippen LogP contribution is -2.38. The molecule has 1 aliphatic carbocycles. The Labute approximate surface area is 221 Å². The van der Waals surface area contributed by atoms with E-state index in [0.717, 1.165) is 48.8 Å². The summed E-state index contributed by atoms with van der Waals surface area (Å²) < 4.78 is 29.2. The number of hydrogen-bond donors (Lipinski definition) is 1. The lowest BCUT2D eigenvalue weighted by Gasteiger charge is -2.36. The summed E-state index contributed by atoms with van der Waals surface area (Å²) in [4.78, 5) is 12.6. The first-order valence-corrected chi connectivity index (χ1v) is 14.7. The van der Waals surface area contributed by atoms with Crippen molar-refractivity contribution in [3.63, 3.8) is 0 Å². The molecular weight excluding hydrogens is 480 g/mol. The second-order valence-electron chi connectivity index (χ2n) is 10.5. The van der Waals surface area contributed by atoms with Crippen LogP contribution in [0.4, 0.5) is 0 Å². The van der Waals surface area contributed by atoms with Crippen LogP contribution < -0.4 is 5.73 Å². The fraction of sp³-hybridized carbons (Fsp3) is 0.387. The highest BCUT2D eigenvalue weighted by Gasteiger charge is 2.34. The molecule has 0 aliphatic heterocycles. The molecule has 1 aliphatic rings. The number of carbonyl (C=O) groups excluding carboxylic acids is 1. The van der Waals surface area contributed by atoms with Crippen LogP contribution in [0.2, 0.25) is 0 Å². The van der Waals surface area contributed by atoms with Crippen LogP contribution in [0.3, 0.4) is 0 Å². The molecule has 1 fully saturated rings. The van der Waals surface area contributed by atoms with E-state index in [-0.39, 0.29) is 23.8 Å². The smallest absolute Gasteiger partial charge is 0.243 e. The number of sulfonamides is 1. The number of nitrogens with zero attached hydrogens (tertiary/aromatic N) is 1. The molecular formula is C31H38N2O3S. The summed E-state index contributed by atoms with van der Waals surface area (Å²) in [6.45, 7) is 4.49. The third kappa shape index (κ3) is 6.68. The van der Waals surface area contributed by atoms with Gasteiger partial charge in [0.15, 0.2) is 0 Å². The quantitative estimate of drug-likeness (QED) is 0.346. The molecule has 3 aromatic rings. The minimum atomic E-state index is -3.66. The van der Waals surface area contributed by atoms with Crippen molar-refractivity contribution >= 4 is 15.9 Å². The van der Waals surface area contributed by atoms with Crippen LogP contribution in [0.25, 0.3) is 0 Å². The highest BCUT2D eigenvalue weighted by Crippen LogP contribution is 2.38. The van der Waals surface area contributed by atoms with Gasteiger partial charge in [0.2, 0.25) is 15.9 Å². The van der Waals surface area contributed by atoms with Crippen molar-refractivity contribution in [2.75, 3.05) is 6.54 Å². The zero-order chi connectivity index (χ0) is 26.4. The van der Waals surface area contributed by atoms with Crippen molar-refractivity contribution in [1.82, 2.24) is 4.31 Å². The lowest BCUT2D eigenvalue weighted by atomic mass is 9.76. The Morgan fingerprint density at radius 2 is 1.38 bits per heavy atom. The Balaban J connectivity index is 1.46. The predicted molar refractivity (Wildman–Crippen MR) is 148 cm³/mol. The fourth-order valence-corrected chi connectivity index (χ4v) is 7.26. The molecule has 0 aromatic heterocycles. The molecule has 0 saturated heterocycles. The summed E-state index contributed by atoms with van der Waals surface area (Å²) in [5.41, 5.74) is 8.92. The first-order chi connectivity index (χ1) is 17.8. The third-order valence-corrected chi connectivity index (χ3v) is 9.81. The molecule has 37 heavy (non-hydrogen) atoms. The molecule has 3 aromatic carbocycles. The Hall–Kier alpha value is -2.96. The molecule has 6 heteroatoms. The molecule has 2 N–H and O–H groups in total. The van der Waals surface area contributed by atoms with Crippen LogP contribution in [0.15, 0.2) is 89.8 Å². The number of rotatable bonds is 10. The van der Waals surface area contributed by atoms with Crippen LogP contribution in [0.5, 0.6) is 0 Å². The second-order valence-corrected chi connectivity index (χ2v) is 12.4. The first kappa shape index (κ1) is 27.1. The van der Waals surface area contributed by atoms with E-state index < -0.39 is 10.0 Å². The molecule has 0 unspecified atom stereocenters. The highest BCUT2D eigenvalue weighted by molar-refractivity contribution is 7.89. The van der Waals surface area contributed by atoms with E-state index in [1.165, 1.54) is 0 Å². The van der Waals surface area contributed by atoms with Gasteiger partial charge in [0.05, 0.1) is 10.8 Å². The third-order valence-electron chi connectivity index (χ3n) is 7.86. The number of hydrogen-bond acceptors (Lipinski definition) is 3. The van der Waals surface area contributed by atoms with Gasteiger partial charge < -0.3 is 5.73 Å². The Kier molecular flexibility index (Phi) is 8.83.